The second-order valence-electron chi connectivity index (χ2n) is 7.75. The zero-order chi connectivity index (χ0) is 19.9. The molecule has 1 aliphatic heterocycles. The van der Waals surface area contributed by atoms with Crippen LogP contribution in [0.5, 0.6) is 5.88 Å². The number of piperazine rings is 1. The first-order valence-electron chi connectivity index (χ1n) is 10.4. The number of anilines is 1. The van der Waals surface area contributed by atoms with E-state index in [1.54, 1.807) is 7.11 Å². The second-order valence-corrected chi connectivity index (χ2v) is 7.75. The smallest absolute Gasteiger partial charge is 0.216 e. The van der Waals surface area contributed by atoms with Gasteiger partial charge in [-0.05, 0) is 57.5 Å². The number of hydrogen-bond donors (Lipinski definition) is 1. The average molecular weight is 386 g/mol. The van der Waals surface area contributed by atoms with Crippen LogP contribution in [0, 0.1) is 13.8 Å². The molecule has 1 fully saturated rings. The van der Waals surface area contributed by atoms with Gasteiger partial charge in [0.1, 0.15) is 0 Å². The summed E-state index contributed by atoms with van der Waals surface area (Å²) >= 11 is 0. The third-order valence-electron chi connectivity index (χ3n) is 5.60. The number of methoxy groups -OCH3 is 1. The molecule has 0 bridgehead atoms. The maximum atomic E-state index is 5.45. The molecule has 0 unspecified atom stereocenters. The van der Waals surface area contributed by atoms with Crippen LogP contribution in [-0.4, -0.2) is 61.1 Å². The van der Waals surface area contributed by atoms with Gasteiger partial charge in [-0.3, -0.25) is 4.90 Å². The van der Waals surface area contributed by atoms with Crippen molar-refractivity contribution >= 4 is 5.69 Å². The first kappa shape index (κ1) is 20.7. The largest absolute Gasteiger partial charge is 0.481 e. The normalized spacial score (nSPS) is 15.2. The summed E-state index contributed by atoms with van der Waals surface area (Å²) in [7, 11) is 3.63. The monoisotopic (exact) mass is 385 g/mol. The highest BCUT2D eigenvalue weighted by molar-refractivity contribution is 5.48. The van der Waals surface area contributed by atoms with E-state index < -0.39 is 0 Å². The Kier molecular flexibility index (Phi) is 7.34. The number of aromatic nitrogens is 2. The average Bonchev–Trinajstić information content (AvgIpc) is 2.97. The summed E-state index contributed by atoms with van der Waals surface area (Å²) in [5.41, 5.74) is 4.91. The molecule has 0 atom stereocenters. The van der Waals surface area contributed by atoms with Crippen LogP contribution in [0.3, 0.4) is 0 Å². The molecule has 6 heteroatoms. The lowest BCUT2D eigenvalue weighted by Gasteiger charge is -2.36. The van der Waals surface area contributed by atoms with Crippen molar-refractivity contribution in [2.75, 3.05) is 51.3 Å². The molecule has 0 amide bonds. The minimum absolute atomic E-state index is 0.817. The third-order valence-corrected chi connectivity index (χ3v) is 5.60. The number of nitrogens with zero attached hydrogens (tertiary/aromatic N) is 4. The highest BCUT2D eigenvalue weighted by Gasteiger charge is 2.17. The van der Waals surface area contributed by atoms with Gasteiger partial charge in [0, 0.05) is 45.5 Å². The maximum Gasteiger partial charge on any atom is 0.216 e. The standard InChI is InChI=1S/C22H35N5O/c1-18-8-7-9-20(16-18)27-14-12-26(13-15-27)11-6-5-10-23-17-21-19(2)24-25(3)22(21)28-4/h7-9,16,23H,5-6,10-15,17H2,1-4H3. The van der Waals surface area contributed by atoms with Gasteiger partial charge in [0.25, 0.3) is 0 Å². The predicted octanol–water partition coefficient (Wildman–Crippen LogP) is 2.74. The Labute approximate surface area is 169 Å². The molecule has 2 aromatic rings. The van der Waals surface area contributed by atoms with Gasteiger partial charge in [0.15, 0.2) is 0 Å². The SMILES string of the molecule is COc1c(CNCCCCN2CCN(c3cccc(C)c3)CC2)c(C)nn1C. The Bertz CT molecular complexity index is 749. The number of hydrogen-bond acceptors (Lipinski definition) is 5. The van der Waals surface area contributed by atoms with Crippen LogP contribution in [0.1, 0.15) is 29.7 Å². The van der Waals surface area contributed by atoms with Crippen LogP contribution in [0.15, 0.2) is 24.3 Å². The molecule has 1 aromatic heterocycles. The van der Waals surface area contributed by atoms with Crippen molar-refractivity contribution in [3.05, 3.63) is 41.1 Å². The number of rotatable bonds is 9. The van der Waals surface area contributed by atoms with Crippen LogP contribution < -0.4 is 15.0 Å². The molecular weight excluding hydrogens is 350 g/mol. The van der Waals surface area contributed by atoms with E-state index in [0.29, 0.717) is 0 Å². The molecule has 0 aliphatic carbocycles. The summed E-state index contributed by atoms with van der Waals surface area (Å²) in [5, 5.41) is 7.97. The van der Waals surface area contributed by atoms with Crippen molar-refractivity contribution in [1.29, 1.82) is 0 Å². The van der Waals surface area contributed by atoms with Gasteiger partial charge in [-0.1, -0.05) is 12.1 Å². The molecular formula is C22H35N5O. The van der Waals surface area contributed by atoms with E-state index >= 15 is 0 Å². The topological polar surface area (TPSA) is 45.6 Å². The van der Waals surface area contributed by atoms with E-state index in [9.17, 15) is 0 Å². The molecule has 2 heterocycles. The number of benzene rings is 1. The van der Waals surface area contributed by atoms with Crippen molar-refractivity contribution in [1.82, 2.24) is 20.0 Å². The van der Waals surface area contributed by atoms with Gasteiger partial charge < -0.3 is 15.0 Å². The van der Waals surface area contributed by atoms with Crippen molar-refractivity contribution in [3.8, 4) is 5.88 Å². The quantitative estimate of drug-likeness (QED) is 0.673. The zero-order valence-electron chi connectivity index (χ0n) is 17.9. The summed E-state index contributed by atoms with van der Waals surface area (Å²) in [6.45, 7) is 11.8. The molecule has 1 N–H and O–H groups in total. The first-order valence-corrected chi connectivity index (χ1v) is 10.4. The van der Waals surface area contributed by atoms with Crippen molar-refractivity contribution in [3.63, 3.8) is 0 Å². The van der Waals surface area contributed by atoms with E-state index in [-0.39, 0.29) is 0 Å². The van der Waals surface area contributed by atoms with Crippen LogP contribution in [0.25, 0.3) is 0 Å². The third kappa shape index (κ3) is 5.26. The molecule has 154 valence electrons. The van der Waals surface area contributed by atoms with Crippen molar-refractivity contribution in [2.45, 2.75) is 33.2 Å². The number of unbranched alkanes of at least 4 members (excludes halogenated alkanes) is 1. The van der Waals surface area contributed by atoms with Gasteiger partial charge in [-0.15, -0.1) is 0 Å². The zero-order valence-corrected chi connectivity index (χ0v) is 17.9. The van der Waals surface area contributed by atoms with E-state index in [1.807, 2.05) is 18.7 Å². The summed E-state index contributed by atoms with van der Waals surface area (Å²) in [5.74, 6) is 0.858. The van der Waals surface area contributed by atoms with E-state index in [4.69, 9.17) is 4.74 Å². The molecule has 0 spiro atoms. The molecule has 28 heavy (non-hydrogen) atoms. The molecule has 0 radical (unpaired) electrons. The van der Waals surface area contributed by atoms with E-state index in [2.05, 4.69) is 51.4 Å². The predicted molar refractivity (Wildman–Crippen MR) is 115 cm³/mol. The second kappa shape index (κ2) is 9.94. The highest BCUT2D eigenvalue weighted by Crippen LogP contribution is 2.20. The Balaban J connectivity index is 1.30. The van der Waals surface area contributed by atoms with Crippen molar-refractivity contribution in [2.24, 2.45) is 7.05 Å². The van der Waals surface area contributed by atoms with Gasteiger partial charge >= 0.3 is 0 Å². The minimum atomic E-state index is 0.817. The van der Waals surface area contributed by atoms with Crippen LogP contribution >= 0.6 is 0 Å². The lowest BCUT2D eigenvalue weighted by atomic mass is 10.2. The number of ether oxygens (including phenoxy) is 1. The van der Waals surface area contributed by atoms with Gasteiger partial charge in [-0.2, -0.15) is 5.10 Å². The maximum absolute atomic E-state index is 5.45. The molecule has 1 saturated heterocycles. The fraction of sp³-hybridized carbons (Fsp3) is 0.591. The Morgan fingerprint density at radius 1 is 1.11 bits per heavy atom. The molecule has 6 nitrogen and oxygen atoms in total. The fourth-order valence-corrected chi connectivity index (χ4v) is 3.99. The van der Waals surface area contributed by atoms with E-state index in [0.717, 1.165) is 56.4 Å². The molecule has 1 aliphatic rings. The van der Waals surface area contributed by atoms with E-state index in [1.165, 1.54) is 30.6 Å². The lowest BCUT2D eigenvalue weighted by molar-refractivity contribution is 0.252. The Hall–Kier alpha value is -2.05. The first-order chi connectivity index (χ1) is 13.6. The Morgan fingerprint density at radius 3 is 2.61 bits per heavy atom. The fourth-order valence-electron chi connectivity index (χ4n) is 3.99. The lowest BCUT2D eigenvalue weighted by Crippen LogP contribution is -2.46. The van der Waals surface area contributed by atoms with Crippen LogP contribution in [0.4, 0.5) is 5.69 Å². The van der Waals surface area contributed by atoms with Crippen LogP contribution in [-0.2, 0) is 13.6 Å². The number of aryl methyl sites for hydroxylation is 3. The summed E-state index contributed by atoms with van der Waals surface area (Å²) < 4.78 is 7.26. The van der Waals surface area contributed by atoms with Gasteiger partial charge in [0.2, 0.25) is 5.88 Å². The highest BCUT2D eigenvalue weighted by atomic mass is 16.5. The summed E-state index contributed by atoms with van der Waals surface area (Å²) in [6, 6.07) is 8.85. The summed E-state index contributed by atoms with van der Waals surface area (Å²) in [6.07, 6.45) is 2.43. The summed E-state index contributed by atoms with van der Waals surface area (Å²) in [4.78, 5) is 5.11. The minimum Gasteiger partial charge on any atom is -0.481 e. The Morgan fingerprint density at radius 2 is 1.89 bits per heavy atom. The van der Waals surface area contributed by atoms with Gasteiger partial charge in [0.05, 0.1) is 18.4 Å². The number of nitrogens with one attached hydrogen (secondary N) is 1. The molecule has 0 saturated carbocycles. The van der Waals surface area contributed by atoms with Gasteiger partial charge in [-0.25, -0.2) is 4.68 Å². The van der Waals surface area contributed by atoms with Crippen LogP contribution in [0.2, 0.25) is 0 Å². The molecule has 3 rings (SSSR count). The van der Waals surface area contributed by atoms with Crippen molar-refractivity contribution < 1.29 is 4.74 Å². The molecule has 1 aromatic carbocycles.